The third kappa shape index (κ3) is 5.61. The van der Waals surface area contributed by atoms with Crippen molar-refractivity contribution >= 4 is 17.8 Å². The Hall–Kier alpha value is -2.31. The summed E-state index contributed by atoms with van der Waals surface area (Å²) >= 11 is 0. The van der Waals surface area contributed by atoms with Gasteiger partial charge in [0.25, 0.3) is 11.8 Å². The van der Waals surface area contributed by atoms with Crippen LogP contribution in [0.15, 0.2) is 22.8 Å². The van der Waals surface area contributed by atoms with Gasteiger partial charge in [0.15, 0.2) is 12.4 Å². The molecule has 1 aliphatic carbocycles. The Morgan fingerprint density at radius 3 is 2.62 bits per heavy atom. The third-order valence-corrected chi connectivity index (χ3v) is 4.76. The molecule has 2 rings (SSSR count). The zero-order chi connectivity index (χ0) is 19.1. The van der Waals surface area contributed by atoms with Gasteiger partial charge in [-0.2, -0.15) is 0 Å². The molecule has 1 heterocycles. The summed E-state index contributed by atoms with van der Waals surface area (Å²) in [5.41, 5.74) is 0. The molecule has 1 saturated carbocycles. The molecule has 144 valence electrons. The van der Waals surface area contributed by atoms with Gasteiger partial charge >= 0.3 is 5.97 Å². The van der Waals surface area contributed by atoms with Crippen molar-refractivity contribution in [2.75, 3.05) is 6.61 Å². The Kier molecular flexibility index (Phi) is 7.24. The fourth-order valence-electron chi connectivity index (χ4n) is 3.12. The molecule has 0 radical (unpaired) electrons. The van der Waals surface area contributed by atoms with Gasteiger partial charge in [-0.1, -0.05) is 33.6 Å². The van der Waals surface area contributed by atoms with Gasteiger partial charge in [-0.05, 0) is 36.8 Å². The van der Waals surface area contributed by atoms with E-state index in [1.54, 1.807) is 19.9 Å². The highest BCUT2D eigenvalue weighted by Crippen LogP contribution is 2.23. The molecule has 1 aromatic heterocycles. The van der Waals surface area contributed by atoms with Crippen molar-refractivity contribution in [1.82, 2.24) is 10.6 Å². The average Bonchev–Trinajstić information content (AvgIpc) is 3.14. The van der Waals surface area contributed by atoms with Gasteiger partial charge in [-0.25, -0.2) is 4.79 Å². The number of carbonyl (C=O) groups is 3. The van der Waals surface area contributed by atoms with E-state index in [4.69, 9.17) is 9.15 Å². The molecule has 3 atom stereocenters. The lowest BCUT2D eigenvalue weighted by Crippen LogP contribution is -2.47. The molecule has 0 aromatic carbocycles. The molecular formula is C19H28N2O5. The highest BCUT2D eigenvalue weighted by Gasteiger charge is 2.28. The van der Waals surface area contributed by atoms with Gasteiger partial charge in [0.2, 0.25) is 0 Å². The first-order valence-corrected chi connectivity index (χ1v) is 9.19. The molecule has 1 aromatic rings. The molecule has 7 heteroatoms. The molecule has 26 heavy (non-hydrogen) atoms. The van der Waals surface area contributed by atoms with Crippen molar-refractivity contribution in [3.63, 3.8) is 0 Å². The van der Waals surface area contributed by atoms with Crippen molar-refractivity contribution < 1.29 is 23.5 Å². The number of hydrogen-bond donors (Lipinski definition) is 2. The van der Waals surface area contributed by atoms with E-state index in [1.165, 1.54) is 18.8 Å². The van der Waals surface area contributed by atoms with Gasteiger partial charge in [0.1, 0.15) is 6.04 Å². The van der Waals surface area contributed by atoms with Gasteiger partial charge in [0, 0.05) is 6.04 Å². The zero-order valence-corrected chi connectivity index (χ0v) is 15.6. The number of ether oxygens (including phenoxy) is 1. The van der Waals surface area contributed by atoms with Crippen molar-refractivity contribution in [2.45, 2.75) is 58.5 Å². The Morgan fingerprint density at radius 2 is 2.00 bits per heavy atom. The van der Waals surface area contributed by atoms with E-state index in [0.29, 0.717) is 5.92 Å². The minimum Gasteiger partial charge on any atom is -0.459 e. The zero-order valence-electron chi connectivity index (χ0n) is 15.6. The second kappa shape index (κ2) is 9.40. The van der Waals surface area contributed by atoms with Gasteiger partial charge in [-0.15, -0.1) is 0 Å². The summed E-state index contributed by atoms with van der Waals surface area (Å²) in [4.78, 5) is 36.4. The lowest BCUT2D eigenvalue weighted by atomic mass is 9.86. The summed E-state index contributed by atoms with van der Waals surface area (Å²) in [6, 6.07) is 2.38. The maximum atomic E-state index is 12.3. The van der Waals surface area contributed by atoms with E-state index < -0.39 is 17.9 Å². The predicted molar refractivity (Wildman–Crippen MR) is 95.3 cm³/mol. The van der Waals surface area contributed by atoms with E-state index in [2.05, 4.69) is 17.6 Å². The molecule has 7 nitrogen and oxygen atoms in total. The second-order valence-corrected chi connectivity index (χ2v) is 7.22. The quantitative estimate of drug-likeness (QED) is 0.723. The molecule has 0 spiro atoms. The summed E-state index contributed by atoms with van der Waals surface area (Å²) in [6.07, 6.45) is 5.72. The van der Waals surface area contributed by atoms with Crippen LogP contribution in [-0.4, -0.2) is 36.5 Å². The summed E-state index contributed by atoms with van der Waals surface area (Å²) in [5.74, 6) is -1.08. The van der Waals surface area contributed by atoms with Crippen molar-refractivity contribution in [3.8, 4) is 0 Å². The smallest absolute Gasteiger partial charge is 0.329 e. The number of rotatable bonds is 7. The molecule has 1 aliphatic rings. The summed E-state index contributed by atoms with van der Waals surface area (Å²) in [7, 11) is 0. The first kappa shape index (κ1) is 20.0. The Morgan fingerprint density at radius 1 is 1.27 bits per heavy atom. The van der Waals surface area contributed by atoms with E-state index in [9.17, 15) is 14.4 Å². The van der Waals surface area contributed by atoms with Crippen LogP contribution in [0, 0.1) is 11.8 Å². The summed E-state index contributed by atoms with van der Waals surface area (Å²) in [6.45, 7) is 5.35. The van der Waals surface area contributed by atoms with Crippen LogP contribution >= 0.6 is 0 Å². The van der Waals surface area contributed by atoms with Crippen LogP contribution in [0.4, 0.5) is 0 Å². The standard InChI is InChI=1S/C19H28N2O5/c1-12(2)17(21-18(23)15-9-6-10-25-15)19(24)26-11-16(22)20-14-8-5-4-7-13(14)3/h6,9-10,12-14,17H,4-5,7-8,11H2,1-3H3,(H,20,22)(H,21,23)/t13-,14-,17+/m1/s1. The Balaban J connectivity index is 1.83. The molecule has 1 fully saturated rings. The molecule has 2 N–H and O–H groups in total. The molecule has 0 bridgehead atoms. The monoisotopic (exact) mass is 364 g/mol. The van der Waals surface area contributed by atoms with E-state index in [-0.39, 0.29) is 30.2 Å². The number of nitrogens with one attached hydrogen (secondary N) is 2. The van der Waals surface area contributed by atoms with Gasteiger partial charge < -0.3 is 19.8 Å². The van der Waals surface area contributed by atoms with Crippen LogP contribution < -0.4 is 10.6 Å². The third-order valence-electron chi connectivity index (χ3n) is 4.76. The van der Waals surface area contributed by atoms with E-state index in [0.717, 1.165) is 19.3 Å². The lowest BCUT2D eigenvalue weighted by Gasteiger charge is -2.29. The first-order valence-electron chi connectivity index (χ1n) is 9.19. The van der Waals surface area contributed by atoms with Crippen molar-refractivity contribution in [1.29, 1.82) is 0 Å². The number of hydrogen-bond acceptors (Lipinski definition) is 5. The van der Waals surface area contributed by atoms with Crippen molar-refractivity contribution in [3.05, 3.63) is 24.2 Å². The predicted octanol–water partition coefficient (Wildman–Crippen LogP) is 2.27. The van der Waals surface area contributed by atoms with Crippen LogP contribution in [0.1, 0.15) is 57.0 Å². The van der Waals surface area contributed by atoms with Crippen molar-refractivity contribution in [2.24, 2.45) is 11.8 Å². The maximum Gasteiger partial charge on any atom is 0.329 e. The molecule has 0 aliphatic heterocycles. The number of esters is 1. The van der Waals surface area contributed by atoms with Crippen LogP contribution in [0.5, 0.6) is 0 Å². The minimum atomic E-state index is -0.853. The minimum absolute atomic E-state index is 0.118. The topological polar surface area (TPSA) is 97.6 Å². The van der Waals surface area contributed by atoms with Crippen LogP contribution in [0.2, 0.25) is 0 Å². The number of carbonyl (C=O) groups excluding carboxylic acids is 3. The largest absolute Gasteiger partial charge is 0.459 e. The highest BCUT2D eigenvalue weighted by atomic mass is 16.5. The number of furan rings is 1. The molecule has 0 unspecified atom stereocenters. The Bertz CT molecular complexity index is 611. The fourth-order valence-corrected chi connectivity index (χ4v) is 3.12. The molecule has 0 saturated heterocycles. The molecular weight excluding hydrogens is 336 g/mol. The Labute approximate surface area is 153 Å². The van der Waals surface area contributed by atoms with Gasteiger partial charge in [0.05, 0.1) is 6.26 Å². The first-order chi connectivity index (χ1) is 12.4. The van der Waals surface area contributed by atoms with Crippen LogP contribution in [0.3, 0.4) is 0 Å². The maximum absolute atomic E-state index is 12.3. The summed E-state index contributed by atoms with van der Waals surface area (Å²) < 4.78 is 10.1. The SMILES string of the molecule is CC(C)[C@H](NC(=O)c1ccco1)C(=O)OCC(=O)N[C@@H]1CCCC[C@H]1C. The molecule has 2 amide bonds. The fraction of sp³-hybridized carbons (Fsp3) is 0.632. The highest BCUT2D eigenvalue weighted by molar-refractivity contribution is 5.94. The normalized spacial score (nSPS) is 21.1. The lowest BCUT2D eigenvalue weighted by molar-refractivity contribution is -0.151. The second-order valence-electron chi connectivity index (χ2n) is 7.22. The summed E-state index contributed by atoms with van der Waals surface area (Å²) in [5, 5.41) is 5.53. The van der Waals surface area contributed by atoms with Gasteiger partial charge in [-0.3, -0.25) is 9.59 Å². The van der Waals surface area contributed by atoms with E-state index >= 15 is 0 Å². The van der Waals surface area contributed by atoms with E-state index in [1.807, 2.05) is 0 Å². The van der Waals surface area contributed by atoms with Crippen LogP contribution in [-0.2, 0) is 14.3 Å². The van der Waals surface area contributed by atoms with Crippen LogP contribution in [0.25, 0.3) is 0 Å². The number of amides is 2. The average molecular weight is 364 g/mol.